The van der Waals surface area contributed by atoms with E-state index in [1.165, 1.54) is 0 Å². The number of fused-ring (bicyclic) bond motifs is 1. The van der Waals surface area contributed by atoms with Gasteiger partial charge in [0.1, 0.15) is 18.2 Å². The molecule has 31 heavy (non-hydrogen) atoms. The number of carbonyl (C=O) groups is 2. The first kappa shape index (κ1) is 19.0. The van der Waals surface area contributed by atoms with Crippen molar-refractivity contribution in [1.29, 1.82) is 0 Å². The number of carbonyl (C=O) groups excluding carboxylic acids is 2. The first-order valence-corrected chi connectivity index (χ1v) is 10.1. The van der Waals surface area contributed by atoms with Crippen molar-refractivity contribution in [3.8, 4) is 17.0 Å². The van der Waals surface area contributed by atoms with E-state index in [1.807, 2.05) is 30.3 Å². The van der Waals surface area contributed by atoms with Crippen LogP contribution in [0.1, 0.15) is 24.8 Å². The summed E-state index contributed by atoms with van der Waals surface area (Å²) in [6.07, 6.45) is 7.34. The second-order valence-corrected chi connectivity index (χ2v) is 7.63. The lowest BCUT2D eigenvalue weighted by Crippen LogP contribution is -2.19. The van der Waals surface area contributed by atoms with E-state index in [-0.39, 0.29) is 18.2 Å². The molecule has 0 unspecified atom stereocenters. The molecule has 0 atom stereocenters. The number of imide groups is 1. The average molecular weight is 415 g/mol. The number of aromatic nitrogens is 3. The van der Waals surface area contributed by atoms with E-state index in [4.69, 9.17) is 9.72 Å². The molecule has 156 valence electrons. The summed E-state index contributed by atoms with van der Waals surface area (Å²) in [4.78, 5) is 28.4. The van der Waals surface area contributed by atoms with E-state index in [1.54, 1.807) is 22.9 Å². The van der Waals surface area contributed by atoms with Crippen molar-refractivity contribution in [2.24, 2.45) is 0 Å². The minimum atomic E-state index is -0.371. The lowest BCUT2D eigenvalue weighted by atomic mass is 10.1. The summed E-state index contributed by atoms with van der Waals surface area (Å²) in [7, 11) is 0. The molecule has 2 amide bonds. The van der Waals surface area contributed by atoms with Crippen molar-refractivity contribution in [1.82, 2.24) is 19.9 Å². The fourth-order valence-electron chi connectivity index (χ4n) is 3.48. The van der Waals surface area contributed by atoms with Gasteiger partial charge in [-0.05, 0) is 31.1 Å². The molecule has 2 aromatic heterocycles. The SMILES string of the molecule is C=CCOc1cccc(-c2cc(NC3CC3)n3ncc(/C=C4\CC(=O)NC4=O)c3n2)c1. The summed E-state index contributed by atoms with van der Waals surface area (Å²) in [5, 5.41) is 10.3. The monoisotopic (exact) mass is 415 g/mol. The van der Waals surface area contributed by atoms with Gasteiger partial charge in [-0.15, -0.1) is 0 Å². The number of rotatable bonds is 7. The van der Waals surface area contributed by atoms with Crippen molar-refractivity contribution >= 4 is 29.4 Å². The number of hydrogen-bond acceptors (Lipinski definition) is 6. The molecule has 3 aromatic rings. The molecule has 1 saturated carbocycles. The summed E-state index contributed by atoms with van der Waals surface area (Å²) >= 11 is 0. The fraction of sp³-hybridized carbons (Fsp3) is 0.217. The van der Waals surface area contributed by atoms with Crippen LogP contribution in [0.3, 0.4) is 0 Å². The van der Waals surface area contributed by atoms with Crippen LogP contribution in [0, 0.1) is 0 Å². The summed E-state index contributed by atoms with van der Waals surface area (Å²) in [5.41, 5.74) is 3.35. The smallest absolute Gasteiger partial charge is 0.254 e. The van der Waals surface area contributed by atoms with Crippen LogP contribution in [0.2, 0.25) is 0 Å². The van der Waals surface area contributed by atoms with Gasteiger partial charge in [0, 0.05) is 28.8 Å². The molecule has 5 rings (SSSR count). The van der Waals surface area contributed by atoms with Crippen molar-refractivity contribution in [2.45, 2.75) is 25.3 Å². The molecule has 1 aliphatic carbocycles. The molecule has 3 heterocycles. The van der Waals surface area contributed by atoms with Crippen LogP contribution < -0.4 is 15.4 Å². The zero-order valence-corrected chi connectivity index (χ0v) is 16.8. The van der Waals surface area contributed by atoms with Crippen LogP contribution in [0.15, 0.2) is 54.8 Å². The maximum absolute atomic E-state index is 12.0. The highest BCUT2D eigenvalue weighted by molar-refractivity contribution is 6.15. The van der Waals surface area contributed by atoms with Crippen LogP contribution in [0.5, 0.6) is 5.75 Å². The molecule has 2 aliphatic rings. The number of ether oxygens (including phenoxy) is 1. The van der Waals surface area contributed by atoms with Crippen molar-refractivity contribution < 1.29 is 14.3 Å². The van der Waals surface area contributed by atoms with Gasteiger partial charge in [0.2, 0.25) is 5.91 Å². The quantitative estimate of drug-likeness (QED) is 0.350. The van der Waals surface area contributed by atoms with Crippen LogP contribution in [0.25, 0.3) is 23.0 Å². The molecular formula is C23H21N5O3. The predicted octanol–water partition coefficient (Wildman–Crippen LogP) is 2.97. The summed E-state index contributed by atoms with van der Waals surface area (Å²) in [6.45, 7) is 4.10. The molecular weight excluding hydrogens is 394 g/mol. The minimum Gasteiger partial charge on any atom is -0.490 e. The lowest BCUT2D eigenvalue weighted by molar-refractivity contribution is -0.124. The zero-order chi connectivity index (χ0) is 21.4. The van der Waals surface area contributed by atoms with Crippen LogP contribution in [-0.2, 0) is 9.59 Å². The van der Waals surface area contributed by atoms with E-state index in [0.29, 0.717) is 29.4 Å². The Kier molecular flexibility index (Phi) is 4.74. The number of nitrogens with one attached hydrogen (secondary N) is 2. The third-order valence-electron chi connectivity index (χ3n) is 5.15. The van der Waals surface area contributed by atoms with Gasteiger partial charge in [-0.1, -0.05) is 24.8 Å². The Labute approximate surface area is 178 Å². The van der Waals surface area contributed by atoms with Crippen molar-refractivity contribution in [2.75, 3.05) is 11.9 Å². The standard InChI is InChI=1S/C23H21N5O3/c1-2-8-31-18-5-3-4-14(10-18)19-12-20(25-17-6-7-17)28-22(26-19)16(13-24-28)9-15-11-21(29)27-23(15)30/h2-5,9-10,12-13,17,25H,1,6-8,11H2,(H,27,29,30)/b15-9+. The first-order valence-electron chi connectivity index (χ1n) is 10.1. The largest absolute Gasteiger partial charge is 0.490 e. The maximum atomic E-state index is 12.0. The van der Waals surface area contributed by atoms with Gasteiger partial charge < -0.3 is 10.1 Å². The molecule has 8 nitrogen and oxygen atoms in total. The predicted molar refractivity (Wildman–Crippen MR) is 117 cm³/mol. The molecule has 1 aliphatic heterocycles. The van der Waals surface area contributed by atoms with E-state index >= 15 is 0 Å². The molecule has 0 bridgehead atoms. The zero-order valence-electron chi connectivity index (χ0n) is 16.8. The van der Waals surface area contributed by atoms with Crippen LogP contribution >= 0.6 is 0 Å². The second-order valence-electron chi connectivity index (χ2n) is 7.63. The van der Waals surface area contributed by atoms with Gasteiger partial charge >= 0.3 is 0 Å². The number of hydrogen-bond donors (Lipinski definition) is 2. The summed E-state index contributed by atoms with van der Waals surface area (Å²) < 4.78 is 7.40. The number of nitrogens with zero attached hydrogens (tertiary/aromatic N) is 3. The number of amides is 2. The molecule has 1 saturated heterocycles. The molecule has 8 heteroatoms. The molecule has 0 spiro atoms. The Morgan fingerprint density at radius 2 is 2.16 bits per heavy atom. The third-order valence-corrected chi connectivity index (χ3v) is 5.15. The Morgan fingerprint density at radius 1 is 1.29 bits per heavy atom. The van der Waals surface area contributed by atoms with Gasteiger partial charge in [0.15, 0.2) is 5.65 Å². The van der Waals surface area contributed by atoms with Gasteiger partial charge in [0.05, 0.1) is 18.3 Å². The normalized spacial score (nSPS) is 17.2. The van der Waals surface area contributed by atoms with E-state index in [2.05, 4.69) is 22.3 Å². The number of benzene rings is 1. The Bertz CT molecular complexity index is 1240. The molecule has 2 N–H and O–H groups in total. The maximum Gasteiger partial charge on any atom is 0.254 e. The Morgan fingerprint density at radius 3 is 2.90 bits per heavy atom. The second kappa shape index (κ2) is 7.71. The average Bonchev–Trinajstić information content (AvgIpc) is 3.40. The highest BCUT2D eigenvalue weighted by Crippen LogP contribution is 2.30. The van der Waals surface area contributed by atoms with E-state index in [0.717, 1.165) is 35.7 Å². The van der Waals surface area contributed by atoms with Crippen molar-refractivity contribution in [3.05, 3.63) is 60.3 Å². The van der Waals surface area contributed by atoms with Gasteiger partial charge in [-0.3, -0.25) is 14.9 Å². The Hall–Kier alpha value is -3.94. The summed E-state index contributed by atoms with van der Waals surface area (Å²) in [5.74, 6) is 0.891. The highest BCUT2D eigenvalue weighted by atomic mass is 16.5. The number of anilines is 1. The summed E-state index contributed by atoms with van der Waals surface area (Å²) in [6, 6.07) is 10.1. The van der Waals surface area contributed by atoms with Crippen LogP contribution in [-0.4, -0.2) is 39.1 Å². The van der Waals surface area contributed by atoms with Gasteiger partial charge in [0.25, 0.3) is 5.91 Å². The van der Waals surface area contributed by atoms with Gasteiger partial charge in [-0.2, -0.15) is 9.61 Å². The van der Waals surface area contributed by atoms with E-state index in [9.17, 15) is 9.59 Å². The minimum absolute atomic E-state index is 0.0612. The van der Waals surface area contributed by atoms with E-state index < -0.39 is 0 Å². The molecule has 1 aromatic carbocycles. The van der Waals surface area contributed by atoms with Crippen molar-refractivity contribution in [3.63, 3.8) is 0 Å². The topological polar surface area (TPSA) is 97.6 Å². The molecule has 2 fully saturated rings. The third kappa shape index (κ3) is 3.92. The lowest BCUT2D eigenvalue weighted by Gasteiger charge is -2.11. The highest BCUT2D eigenvalue weighted by Gasteiger charge is 2.26. The fourth-order valence-corrected chi connectivity index (χ4v) is 3.48. The Balaban J connectivity index is 1.60. The van der Waals surface area contributed by atoms with Crippen LogP contribution in [0.4, 0.5) is 5.82 Å². The van der Waals surface area contributed by atoms with Gasteiger partial charge in [-0.25, -0.2) is 4.98 Å². The first-order chi connectivity index (χ1) is 15.1. The molecule has 0 radical (unpaired) electrons.